The first kappa shape index (κ1) is 22.4. The molecule has 2 aromatic carbocycles. The predicted molar refractivity (Wildman–Crippen MR) is 123 cm³/mol. The molecule has 0 bridgehead atoms. The topological polar surface area (TPSA) is 80.5 Å². The second-order valence-electron chi connectivity index (χ2n) is 8.04. The van der Waals surface area contributed by atoms with Gasteiger partial charge in [0, 0.05) is 25.7 Å². The number of carbonyl (C=O) groups excluding carboxylic acids is 1. The molecule has 3 aromatic rings. The summed E-state index contributed by atoms with van der Waals surface area (Å²) in [6, 6.07) is 18.3. The minimum absolute atomic E-state index is 0.0165. The number of hydrogen-bond acceptors (Lipinski definition) is 7. The van der Waals surface area contributed by atoms with Crippen LogP contribution in [0.2, 0.25) is 0 Å². The summed E-state index contributed by atoms with van der Waals surface area (Å²) < 4.78 is 11.3. The van der Waals surface area contributed by atoms with Crippen LogP contribution in [0.25, 0.3) is 0 Å². The normalized spacial score (nSPS) is 17.2. The first-order chi connectivity index (χ1) is 15.5. The third-order valence-corrected chi connectivity index (χ3v) is 6.28. The second-order valence-corrected chi connectivity index (χ2v) is 9.33. The molecule has 1 aromatic heterocycles. The fourth-order valence-electron chi connectivity index (χ4n) is 3.58. The highest BCUT2D eigenvalue weighted by atomic mass is 32.2. The molecule has 2 heterocycles. The van der Waals surface area contributed by atoms with E-state index >= 15 is 0 Å². The third kappa shape index (κ3) is 6.34. The number of rotatable bonds is 9. The summed E-state index contributed by atoms with van der Waals surface area (Å²) >= 11 is 1.26. The number of carbonyl (C=O) groups is 1. The van der Waals surface area contributed by atoms with Crippen LogP contribution in [-0.2, 0) is 17.9 Å². The van der Waals surface area contributed by atoms with Crippen molar-refractivity contribution in [2.75, 3.05) is 13.1 Å². The van der Waals surface area contributed by atoms with Gasteiger partial charge in [0.2, 0.25) is 5.91 Å². The third-order valence-electron chi connectivity index (χ3n) is 5.35. The largest absolute Gasteiger partial charge is 0.484 e. The lowest BCUT2D eigenvalue weighted by molar-refractivity contribution is -0.120. The average Bonchev–Trinajstić information content (AvgIpc) is 3.43. The molecule has 1 fully saturated rings. The fourth-order valence-corrected chi connectivity index (χ4v) is 4.29. The van der Waals surface area contributed by atoms with Gasteiger partial charge in [-0.25, -0.2) is 0 Å². The zero-order valence-electron chi connectivity index (χ0n) is 18.4. The van der Waals surface area contributed by atoms with Gasteiger partial charge in [-0.05, 0) is 38.0 Å². The predicted octanol–water partition coefficient (Wildman–Crippen LogP) is 3.83. The Bertz CT molecular complexity index is 1010. The molecule has 2 unspecified atom stereocenters. The highest BCUT2D eigenvalue weighted by molar-refractivity contribution is 8.00. The molecule has 0 spiro atoms. The quantitative estimate of drug-likeness (QED) is 0.494. The molecule has 4 rings (SSSR count). The van der Waals surface area contributed by atoms with Crippen LogP contribution >= 0.6 is 11.8 Å². The molecule has 0 saturated carbocycles. The number of amides is 1. The van der Waals surface area contributed by atoms with E-state index in [0.29, 0.717) is 11.1 Å². The molecule has 2 atom stereocenters. The minimum Gasteiger partial charge on any atom is -0.484 e. The van der Waals surface area contributed by atoms with Crippen LogP contribution in [0.1, 0.15) is 30.4 Å². The van der Waals surface area contributed by atoms with Crippen LogP contribution in [0.5, 0.6) is 5.75 Å². The van der Waals surface area contributed by atoms with Crippen molar-refractivity contribution in [2.24, 2.45) is 0 Å². The molecule has 7 nitrogen and oxygen atoms in total. The fraction of sp³-hybridized carbons (Fsp3) is 0.375. The summed E-state index contributed by atoms with van der Waals surface area (Å²) in [6.45, 7) is 6.82. The SMILES string of the molecule is Cc1ccc(OCc2nnc(SC(C)C(=O)NC3CCN(Cc4ccccc4)C3)o2)cc1. The van der Waals surface area contributed by atoms with E-state index in [1.165, 1.54) is 22.9 Å². The van der Waals surface area contributed by atoms with Gasteiger partial charge in [-0.2, -0.15) is 0 Å². The molecule has 0 radical (unpaired) electrons. The van der Waals surface area contributed by atoms with Crippen molar-refractivity contribution in [2.45, 2.75) is 49.9 Å². The number of hydrogen-bond donors (Lipinski definition) is 1. The summed E-state index contributed by atoms with van der Waals surface area (Å²) in [7, 11) is 0. The van der Waals surface area contributed by atoms with Gasteiger partial charge >= 0.3 is 0 Å². The maximum absolute atomic E-state index is 12.6. The van der Waals surface area contributed by atoms with Crippen LogP contribution < -0.4 is 10.1 Å². The van der Waals surface area contributed by atoms with Gasteiger partial charge in [0.25, 0.3) is 11.1 Å². The van der Waals surface area contributed by atoms with Gasteiger partial charge < -0.3 is 14.5 Å². The molecular weight excluding hydrogens is 424 g/mol. The van der Waals surface area contributed by atoms with Crippen molar-refractivity contribution in [3.8, 4) is 5.75 Å². The monoisotopic (exact) mass is 452 g/mol. The van der Waals surface area contributed by atoms with Gasteiger partial charge in [-0.3, -0.25) is 9.69 Å². The minimum atomic E-state index is -0.329. The van der Waals surface area contributed by atoms with Gasteiger partial charge in [-0.1, -0.05) is 59.8 Å². The molecule has 1 saturated heterocycles. The summed E-state index contributed by atoms with van der Waals surface area (Å²) in [5.41, 5.74) is 2.46. The summed E-state index contributed by atoms with van der Waals surface area (Å²) in [6.07, 6.45) is 0.955. The standard InChI is InChI=1S/C24H28N4O3S/c1-17-8-10-21(11-9-17)30-16-22-26-27-24(31-22)32-18(2)23(29)25-20-12-13-28(15-20)14-19-6-4-3-5-7-19/h3-11,18,20H,12-16H2,1-2H3,(H,25,29). The Morgan fingerprint density at radius 1 is 1.22 bits per heavy atom. The summed E-state index contributed by atoms with van der Waals surface area (Å²) in [5.74, 6) is 1.11. The molecule has 1 N–H and O–H groups in total. The number of aromatic nitrogens is 2. The van der Waals surface area contributed by atoms with Crippen LogP contribution in [-0.4, -0.2) is 45.4 Å². The molecule has 1 aliphatic heterocycles. The first-order valence-electron chi connectivity index (χ1n) is 10.8. The maximum atomic E-state index is 12.6. The number of ether oxygens (including phenoxy) is 1. The molecule has 1 amide bonds. The Morgan fingerprint density at radius 2 is 2.00 bits per heavy atom. The van der Waals surface area contributed by atoms with Crippen molar-refractivity contribution in [1.82, 2.24) is 20.4 Å². The van der Waals surface area contributed by atoms with E-state index < -0.39 is 0 Å². The Hall–Kier alpha value is -2.84. The first-order valence-corrected chi connectivity index (χ1v) is 11.7. The van der Waals surface area contributed by atoms with Gasteiger partial charge in [0.1, 0.15) is 5.75 Å². The van der Waals surface area contributed by atoms with Gasteiger partial charge in [0.05, 0.1) is 5.25 Å². The molecule has 8 heteroatoms. The maximum Gasteiger partial charge on any atom is 0.277 e. The molecule has 0 aliphatic carbocycles. The summed E-state index contributed by atoms with van der Waals surface area (Å²) in [5, 5.41) is 11.2. The smallest absolute Gasteiger partial charge is 0.277 e. The van der Waals surface area contributed by atoms with Crippen LogP contribution in [0.15, 0.2) is 64.2 Å². The lowest BCUT2D eigenvalue weighted by atomic mass is 10.2. The van der Waals surface area contributed by atoms with Crippen LogP contribution in [0.4, 0.5) is 0 Å². The van der Waals surface area contributed by atoms with E-state index in [4.69, 9.17) is 9.15 Å². The second kappa shape index (κ2) is 10.7. The van der Waals surface area contributed by atoms with E-state index in [0.717, 1.165) is 31.8 Å². The van der Waals surface area contributed by atoms with Crippen LogP contribution in [0.3, 0.4) is 0 Å². The number of benzene rings is 2. The lowest BCUT2D eigenvalue weighted by Crippen LogP contribution is -2.40. The number of thioether (sulfide) groups is 1. The van der Waals surface area contributed by atoms with Gasteiger partial charge in [-0.15, -0.1) is 10.2 Å². The zero-order chi connectivity index (χ0) is 22.3. The van der Waals surface area contributed by atoms with Crippen molar-refractivity contribution >= 4 is 17.7 Å². The van der Waals surface area contributed by atoms with Crippen molar-refractivity contribution in [3.05, 3.63) is 71.6 Å². The average molecular weight is 453 g/mol. The molecule has 168 valence electrons. The van der Waals surface area contributed by atoms with E-state index in [2.05, 4.69) is 44.7 Å². The number of aryl methyl sites for hydroxylation is 1. The Labute approximate surface area is 192 Å². The number of nitrogens with zero attached hydrogens (tertiary/aromatic N) is 3. The van der Waals surface area contributed by atoms with E-state index in [1.807, 2.05) is 44.2 Å². The highest BCUT2D eigenvalue weighted by Crippen LogP contribution is 2.23. The molecular formula is C24H28N4O3S. The van der Waals surface area contributed by atoms with Crippen LogP contribution in [0, 0.1) is 6.92 Å². The van der Waals surface area contributed by atoms with Crippen molar-refractivity contribution in [1.29, 1.82) is 0 Å². The van der Waals surface area contributed by atoms with E-state index in [9.17, 15) is 4.79 Å². The Morgan fingerprint density at radius 3 is 2.78 bits per heavy atom. The van der Waals surface area contributed by atoms with Crippen molar-refractivity contribution < 1.29 is 13.9 Å². The van der Waals surface area contributed by atoms with Crippen molar-refractivity contribution in [3.63, 3.8) is 0 Å². The number of nitrogens with one attached hydrogen (secondary N) is 1. The lowest BCUT2D eigenvalue weighted by Gasteiger charge is -2.18. The summed E-state index contributed by atoms with van der Waals surface area (Å²) in [4.78, 5) is 15.0. The molecule has 1 aliphatic rings. The zero-order valence-corrected chi connectivity index (χ0v) is 19.2. The van der Waals surface area contributed by atoms with E-state index in [1.54, 1.807) is 0 Å². The Balaban J connectivity index is 1.20. The highest BCUT2D eigenvalue weighted by Gasteiger charge is 2.26. The van der Waals surface area contributed by atoms with Gasteiger partial charge in [0.15, 0.2) is 6.61 Å². The number of likely N-dealkylation sites (tertiary alicyclic amines) is 1. The molecule has 32 heavy (non-hydrogen) atoms. The Kier molecular flexibility index (Phi) is 7.44. The van der Waals surface area contributed by atoms with E-state index in [-0.39, 0.29) is 23.8 Å².